The van der Waals surface area contributed by atoms with Gasteiger partial charge in [0, 0.05) is 12.0 Å². The number of ether oxygens (including phenoxy) is 2. The van der Waals surface area contributed by atoms with Gasteiger partial charge in [-0.3, -0.25) is 0 Å². The molecule has 0 radical (unpaired) electrons. The maximum absolute atomic E-state index is 9.61. The number of aliphatic hydroxyl groups is 2. The Kier molecular flexibility index (Phi) is 5.93. The molecule has 134 valence electrons. The lowest BCUT2D eigenvalue weighted by Crippen LogP contribution is -2.39. The van der Waals surface area contributed by atoms with Crippen molar-refractivity contribution < 1.29 is 24.2 Å². The first-order chi connectivity index (χ1) is 12.2. The lowest BCUT2D eigenvalue weighted by molar-refractivity contribution is -0.196. The fourth-order valence-corrected chi connectivity index (χ4v) is 2.54. The third-order valence-electron chi connectivity index (χ3n) is 3.97. The van der Waals surface area contributed by atoms with Gasteiger partial charge in [0.1, 0.15) is 12.2 Å². The molecule has 0 amide bonds. The molecule has 1 aromatic heterocycles. The average molecular weight is 346 g/mol. The van der Waals surface area contributed by atoms with E-state index in [1.165, 1.54) is 0 Å². The zero-order valence-corrected chi connectivity index (χ0v) is 14.0. The van der Waals surface area contributed by atoms with E-state index in [-0.39, 0.29) is 12.7 Å². The van der Waals surface area contributed by atoms with Crippen LogP contribution < -0.4 is 0 Å². The summed E-state index contributed by atoms with van der Waals surface area (Å²) in [6.45, 7) is 1.66. The highest BCUT2D eigenvalue weighted by Crippen LogP contribution is 2.18. The van der Waals surface area contributed by atoms with Gasteiger partial charge in [-0.25, -0.2) is 0 Å². The summed E-state index contributed by atoms with van der Waals surface area (Å²) in [5, 5.41) is 22.8. The van der Waals surface area contributed by atoms with E-state index in [9.17, 15) is 5.11 Å². The van der Waals surface area contributed by atoms with Gasteiger partial charge in [-0.15, -0.1) is 0 Å². The van der Waals surface area contributed by atoms with Gasteiger partial charge in [-0.05, 0) is 19.4 Å². The van der Waals surface area contributed by atoms with E-state index in [0.717, 1.165) is 5.56 Å². The van der Waals surface area contributed by atoms with Gasteiger partial charge < -0.3 is 24.2 Å². The molecule has 1 aromatic carbocycles. The molecule has 7 heteroatoms. The Bertz CT molecular complexity index is 688. The lowest BCUT2D eigenvalue weighted by atomic mass is 10.1. The molecule has 0 aliphatic carbocycles. The largest absolute Gasteiger partial charge is 0.394 e. The van der Waals surface area contributed by atoms with Crippen molar-refractivity contribution in [2.24, 2.45) is 0 Å². The summed E-state index contributed by atoms with van der Waals surface area (Å²) >= 11 is 0. The number of nitrogens with zero attached hydrogens (tertiary/aromatic N) is 2. The number of hydrogen-bond donors (Lipinski definition) is 2. The summed E-state index contributed by atoms with van der Waals surface area (Å²) in [5.41, 5.74) is 0.913. The Morgan fingerprint density at radius 3 is 2.80 bits per heavy atom. The van der Waals surface area contributed by atoms with Gasteiger partial charge in [-0.1, -0.05) is 41.6 Å². The van der Waals surface area contributed by atoms with E-state index in [1.807, 2.05) is 37.3 Å². The van der Waals surface area contributed by atoms with E-state index in [1.54, 1.807) is 12.2 Å². The summed E-state index contributed by atoms with van der Waals surface area (Å²) in [4.78, 5) is 4.39. The molecule has 0 unspecified atom stereocenters. The van der Waals surface area contributed by atoms with Gasteiger partial charge >= 0.3 is 0 Å². The Morgan fingerprint density at radius 1 is 1.24 bits per heavy atom. The minimum Gasteiger partial charge on any atom is -0.394 e. The molecular weight excluding hydrogens is 324 g/mol. The minimum absolute atomic E-state index is 0.115. The zero-order valence-electron chi connectivity index (χ0n) is 14.0. The molecule has 4 atom stereocenters. The first kappa shape index (κ1) is 17.8. The molecule has 2 aromatic rings. The molecule has 0 spiro atoms. The molecule has 3 rings (SSSR count). The van der Waals surface area contributed by atoms with Crippen LogP contribution in [0.3, 0.4) is 0 Å². The number of rotatable bonds is 7. The van der Waals surface area contributed by atoms with Crippen molar-refractivity contribution in [1.29, 1.82) is 0 Å². The second-order valence-electron chi connectivity index (χ2n) is 5.96. The Hall–Kier alpha value is -2.06. The van der Waals surface area contributed by atoms with Crippen LogP contribution in [-0.2, 0) is 15.9 Å². The molecule has 0 fully saturated rings. The van der Waals surface area contributed by atoms with Gasteiger partial charge in [0.25, 0.3) is 0 Å². The highest BCUT2D eigenvalue weighted by atomic mass is 16.7. The van der Waals surface area contributed by atoms with Crippen LogP contribution in [0, 0.1) is 0 Å². The molecule has 25 heavy (non-hydrogen) atoms. The Balaban J connectivity index is 1.49. The Morgan fingerprint density at radius 2 is 2.04 bits per heavy atom. The number of aromatic nitrogens is 2. The molecule has 7 nitrogen and oxygen atoms in total. The molecule has 0 bridgehead atoms. The van der Waals surface area contributed by atoms with Gasteiger partial charge in [0.2, 0.25) is 11.7 Å². The molecule has 2 N–H and O–H groups in total. The fourth-order valence-electron chi connectivity index (χ4n) is 2.54. The van der Waals surface area contributed by atoms with Crippen molar-refractivity contribution in [3.8, 4) is 11.4 Å². The van der Waals surface area contributed by atoms with Crippen LogP contribution in [0.15, 0.2) is 47.0 Å². The standard InChI is InChI=1S/C18H22N2O5/c1-12(23-17-10-8-14(22)15(11-21)24-17)7-9-16-19-18(20-25-16)13-5-3-2-4-6-13/h2-6,8,10,12,14-15,17,21-22H,7,9,11H2,1H3/t12-,14-,15+,17-/m0/s1. The van der Waals surface area contributed by atoms with E-state index in [2.05, 4.69) is 10.1 Å². The smallest absolute Gasteiger partial charge is 0.227 e. The topological polar surface area (TPSA) is 97.8 Å². The van der Waals surface area contributed by atoms with E-state index < -0.39 is 18.5 Å². The van der Waals surface area contributed by atoms with Crippen molar-refractivity contribution in [1.82, 2.24) is 10.1 Å². The fraction of sp³-hybridized carbons (Fsp3) is 0.444. The van der Waals surface area contributed by atoms with Gasteiger partial charge in [-0.2, -0.15) is 4.98 Å². The lowest BCUT2D eigenvalue weighted by Gasteiger charge is -2.29. The van der Waals surface area contributed by atoms with Crippen LogP contribution in [0.4, 0.5) is 0 Å². The SMILES string of the molecule is C[C@@H](CCc1nc(-c2ccccc2)no1)O[C@@H]1C=C[C@H](O)[C@@H](CO)O1. The average Bonchev–Trinajstić information content (AvgIpc) is 3.11. The van der Waals surface area contributed by atoms with Crippen molar-refractivity contribution in [3.63, 3.8) is 0 Å². The number of aliphatic hydroxyl groups excluding tert-OH is 2. The van der Waals surface area contributed by atoms with E-state index in [0.29, 0.717) is 24.6 Å². The monoisotopic (exact) mass is 346 g/mol. The van der Waals surface area contributed by atoms with Gasteiger partial charge in [0.05, 0.1) is 12.7 Å². The molecule has 2 heterocycles. The third-order valence-corrected chi connectivity index (χ3v) is 3.97. The van der Waals surface area contributed by atoms with Crippen molar-refractivity contribution in [3.05, 3.63) is 48.4 Å². The first-order valence-corrected chi connectivity index (χ1v) is 8.32. The van der Waals surface area contributed by atoms with Crippen LogP contribution in [0.25, 0.3) is 11.4 Å². The van der Waals surface area contributed by atoms with Crippen molar-refractivity contribution >= 4 is 0 Å². The number of aryl methyl sites for hydroxylation is 1. The predicted molar refractivity (Wildman–Crippen MR) is 89.5 cm³/mol. The second-order valence-corrected chi connectivity index (χ2v) is 5.96. The predicted octanol–water partition coefficient (Wildman–Crippen LogP) is 1.71. The van der Waals surface area contributed by atoms with Gasteiger partial charge in [0.15, 0.2) is 6.29 Å². The molecular formula is C18H22N2O5. The van der Waals surface area contributed by atoms with Crippen LogP contribution >= 0.6 is 0 Å². The maximum atomic E-state index is 9.61. The molecule has 0 saturated carbocycles. The number of hydrogen-bond acceptors (Lipinski definition) is 7. The van der Waals surface area contributed by atoms with Crippen molar-refractivity contribution in [2.45, 2.75) is 44.4 Å². The van der Waals surface area contributed by atoms with E-state index >= 15 is 0 Å². The maximum Gasteiger partial charge on any atom is 0.227 e. The second kappa shape index (κ2) is 8.35. The van der Waals surface area contributed by atoms with E-state index in [4.69, 9.17) is 19.1 Å². The highest BCUT2D eigenvalue weighted by molar-refractivity contribution is 5.53. The normalized spacial score (nSPS) is 24.4. The molecule has 1 aliphatic heterocycles. The van der Waals surface area contributed by atoms with Crippen LogP contribution in [0.1, 0.15) is 19.2 Å². The van der Waals surface area contributed by atoms with Crippen molar-refractivity contribution in [2.75, 3.05) is 6.61 Å². The summed E-state index contributed by atoms with van der Waals surface area (Å²) in [6.07, 6.45) is 2.32. The highest BCUT2D eigenvalue weighted by Gasteiger charge is 2.26. The third kappa shape index (κ3) is 4.73. The van der Waals surface area contributed by atoms with Crippen LogP contribution in [0.2, 0.25) is 0 Å². The summed E-state index contributed by atoms with van der Waals surface area (Å²) in [7, 11) is 0. The summed E-state index contributed by atoms with van der Waals surface area (Å²) in [5.74, 6) is 1.13. The quantitative estimate of drug-likeness (QED) is 0.737. The zero-order chi connectivity index (χ0) is 17.6. The first-order valence-electron chi connectivity index (χ1n) is 8.32. The minimum atomic E-state index is -0.810. The van der Waals surface area contributed by atoms with Crippen LogP contribution in [-0.4, -0.2) is 51.6 Å². The summed E-state index contributed by atoms with van der Waals surface area (Å²) in [6, 6.07) is 9.65. The molecule has 0 saturated heterocycles. The molecule has 1 aliphatic rings. The van der Waals surface area contributed by atoms with Crippen LogP contribution in [0.5, 0.6) is 0 Å². The Labute approximate surface area is 145 Å². The summed E-state index contributed by atoms with van der Waals surface area (Å²) < 4.78 is 16.5. The number of benzene rings is 1.